The highest BCUT2D eigenvalue weighted by molar-refractivity contribution is 7.47. The summed E-state index contributed by atoms with van der Waals surface area (Å²) in [6.07, 6.45) is 29.6. The van der Waals surface area contributed by atoms with Gasteiger partial charge in [-0.05, 0) is 37.5 Å². The summed E-state index contributed by atoms with van der Waals surface area (Å²) in [6, 6.07) is 0. The molecule has 0 amide bonds. The van der Waals surface area contributed by atoms with Crippen molar-refractivity contribution in [3.63, 3.8) is 0 Å². The van der Waals surface area contributed by atoms with Gasteiger partial charge in [0.2, 0.25) is 0 Å². The lowest BCUT2D eigenvalue weighted by molar-refractivity contribution is -0.161. The van der Waals surface area contributed by atoms with Gasteiger partial charge in [0.1, 0.15) is 19.3 Å². The van der Waals surface area contributed by atoms with Crippen molar-refractivity contribution in [2.24, 2.45) is 11.8 Å². The highest BCUT2D eigenvalue weighted by Crippen LogP contribution is 2.45. The van der Waals surface area contributed by atoms with Crippen molar-refractivity contribution >= 4 is 39.5 Å². The molecule has 5 atom stereocenters. The van der Waals surface area contributed by atoms with Gasteiger partial charge in [-0.2, -0.15) is 0 Å². The zero-order chi connectivity index (χ0) is 56.6. The van der Waals surface area contributed by atoms with Crippen LogP contribution in [0.2, 0.25) is 0 Å². The molecule has 0 heterocycles. The molecule has 0 aromatic heterocycles. The first-order valence-electron chi connectivity index (χ1n) is 30.0. The van der Waals surface area contributed by atoms with Crippen molar-refractivity contribution in [3.05, 3.63) is 0 Å². The number of aliphatic hydroxyl groups excluding tert-OH is 1. The molecule has 0 bridgehead atoms. The molecule has 0 rings (SSSR count). The third kappa shape index (κ3) is 51.5. The van der Waals surface area contributed by atoms with Gasteiger partial charge in [-0.15, -0.1) is 0 Å². The summed E-state index contributed by atoms with van der Waals surface area (Å²) in [7, 11) is -9.87. The van der Waals surface area contributed by atoms with Crippen LogP contribution in [0.5, 0.6) is 0 Å². The highest BCUT2D eigenvalue weighted by atomic mass is 31.2. The zero-order valence-corrected chi connectivity index (χ0v) is 50.3. The third-order valence-corrected chi connectivity index (χ3v) is 14.9. The van der Waals surface area contributed by atoms with E-state index in [9.17, 15) is 43.2 Å². The number of rotatable bonds is 56. The molecule has 0 aliphatic carbocycles. The number of ether oxygens (including phenoxy) is 4. The van der Waals surface area contributed by atoms with Crippen molar-refractivity contribution in [1.29, 1.82) is 0 Å². The Kier molecular flexibility index (Phi) is 48.8. The van der Waals surface area contributed by atoms with Crippen LogP contribution < -0.4 is 0 Å². The van der Waals surface area contributed by atoms with Crippen molar-refractivity contribution in [3.8, 4) is 0 Å². The maximum atomic E-state index is 12.9. The van der Waals surface area contributed by atoms with E-state index in [1.165, 1.54) is 70.6 Å². The molecule has 0 aromatic carbocycles. The number of phosphoric ester groups is 2. The molecule has 450 valence electrons. The van der Waals surface area contributed by atoms with E-state index in [1.54, 1.807) is 0 Å². The second kappa shape index (κ2) is 50.1. The van der Waals surface area contributed by atoms with Gasteiger partial charge in [0.25, 0.3) is 0 Å². The SMILES string of the molecule is CCCCCCCCCCC(=O)OC[C@H](COP(=O)(O)OC[C@H](O)COP(=O)(O)OC[C@@H](COC(=O)CCCCCCCCCC(C)C)OC(=O)CCCCCCCCCC(C)C)OC(=O)CCCCCCCCCC. The van der Waals surface area contributed by atoms with Crippen LogP contribution in [0.1, 0.15) is 273 Å². The van der Waals surface area contributed by atoms with Gasteiger partial charge < -0.3 is 33.8 Å². The lowest BCUT2D eigenvalue weighted by atomic mass is 10.0. The van der Waals surface area contributed by atoms with E-state index in [4.69, 9.17) is 37.0 Å². The molecule has 0 aliphatic rings. The Morgan fingerprint density at radius 2 is 0.605 bits per heavy atom. The van der Waals surface area contributed by atoms with Gasteiger partial charge in [0.15, 0.2) is 12.2 Å². The summed E-state index contributed by atoms with van der Waals surface area (Å²) >= 11 is 0. The molecule has 2 unspecified atom stereocenters. The topological polar surface area (TPSA) is 237 Å². The minimum absolute atomic E-state index is 0.102. The number of hydrogen-bond donors (Lipinski definition) is 3. The number of hydrogen-bond acceptors (Lipinski definition) is 15. The van der Waals surface area contributed by atoms with E-state index < -0.39 is 97.5 Å². The number of carbonyl (C=O) groups excluding carboxylic acids is 4. The molecule has 3 N–H and O–H groups in total. The van der Waals surface area contributed by atoms with E-state index in [2.05, 4.69) is 41.5 Å². The largest absolute Gasteiger partial charge is 0.472 e. The second-order valence-electron chi connectivity index (χ2n) is 21.6. The van der Waals surface area contributed by atoms with E-state index in [-0.39, 0.29) is 25.7 Å². The van der Waals surface area contributed by atoms with Crippen LogP contribution in [0.3, 0.4) is 0 Å². The van der Waals surface area contributed by atoms with Crippen LogP contribution in [-0.4, -0.2) is 96.7 Å². The Hall–Kier alpha value is -1.94. The van der Waals surface area contributed by atoms with Crippen LogP contribution >= 0.6 is 15.6 Å². The summed E-state index contributed by atoms with van der Waals surface area (Å²) in [5.74, 6) is -0.751. The summed E-state index contributed by atoms with van der Waals surface area (Å²) in [6.45, 7) is 9.26. The minimum Gasteiger partial charge on any atom is -0.462 e. The average molecular weight is 1130 g/mol. The Morgan fingerprint density at radius 3 is 0.895 bits per heavy atom. The standard InChI is InChI=1S/C57H110O17P2/c1-7-9-11-13-15-21-27-33-39-54(59)67-45-52(73-56(61)41-35-29-22-16-14-12-10-8-2)47-71-75(63,64)69-43-51(58)44-70-76(65,66)72-48-53(74-57(62)42-36-30-24-18-20-26-32-38-50(5)6)46-68-55(60)40-34-28-23-17-19-25-31-37-49(3)4/h49-53,58H,7-48H2,1-6H3,(H,63,64)(H,65,66)/t51-,52+,53+/m0/s1. The smallest absolute Gasteiger partial charge is 0.462 e. The fourth-order valence-electron chi connectivity index (χ4n) is 8.29. The number of unbranched alkanes of at least 4 members (excludes halogenated alkanes) is 26. The van der Waals surface area contributed by atoms with Crippen molar-refractivity contribution < 1.29 is 80.2 Å². The number of phosphoric acid groups is 2. The minimum atomic E-state index is -4.93. The summed E-state index contributed by atoms with van der Waals surface area (Å²) < 4.78 is 67.5. The van der Waals surface area contributed by atoms with Gasteiger partial charge >= 0.3 is 39.5 Å². The predicted molar refractivity (Wildman–Crippen MR) is 298 cm³/mol. The first-order valence-corrected chi connectivity index (χ1v) is 33.0. The summed E-state index contributed by atoms with van der Waals surface area (Å²) in [5.41, 5.74) is 0. The lowest BCUT2D eigenvalue weighted by Crippen LogP contribution is -2.30. The van der Waals surface area contributed by atoms with E-state index in [0.717, 1.165) is 109 Å². The molecular weight excluding hydrogens is 1020 g/mol. The van der Waals surface area contributed by atoms with Crippen LogP contribution in [0, 0.1) is 11.8 Å². The van der Waals surface area contributed by atoms with Gasteiger partial charge in [0, 0.05) is 25.7 Å². The van der Waals surface area contributed by atoms with Crippen molar-refractivity contribution in [1.82, 2.24) is 0 Å². The van der Waals surface area contributed by atoms with E-state index >= 15 is 0 Å². The summed E-state index contributed by atoms with van der Waals surface area (Å²) in [5, 5.41) is 10.5. The fraction of sp³-hybridized carbons (Fsp3) is 0.930. The number of esters is 4. The van der Waals surface area contributed by atoms with Gasteiger partial charge in [-0.1, -0.05) is 221 Å². The highest BCUT2D eigenvalue weighted by Gasteiger charge is 2.30. The lowest BCUT2D eigenvalue weighted by Gasteiger charge is -2.21. The number of aliphatic hydroxyl groups is 1. The van der Waals surface area contributed by atoms with Gasteiger partial charge in [0.05, 0.1) is 26.4 Å². The van der Waals surface area contributed by atoms with Crippen LogP contribution in [0.4, 0.5) is 0 Å². The Bertz CT molecular complexity index is 1510. The van der Waals surface area contributed by atoms with E-state index in [1.807, 2.05) is 0 Å². The van der Waals surface area contributed by atoms with Gasteiger partial charge in [-0.25, -0.2) is 9.13 Å². The molecule has 0 saturated carbocycles. The van der Waals surface area contributed by atoms with Crippen molar-refractivity contribution in [2.45, 2.75) is 291 Å². The first kappa shape index (κ1) is 74.1. The molecule has 0 fully saturated rings. The number of carbonyl (C=O) groups is 4. The van der Waals surface area contributed by atoms with Crippen LogP contribution in [0.15, 0.2) is 0 Å². The van der Waals surface area contributed by atoms with E-state index in [0.29, 0.717) is 37.5 Å². The normalized spacial score (nSPS) is 14.5. The third-order valence-electron chi connectivity index (χ3n) is 13.0. The zero-order valence-electron chi connectivity index (χ0n) is 48.5. The Morgan fingerprint density at radius 1 is 0.355 bits per heavy atom. The summed E-state index contributed by atoms with van der Waals surface area (Å²) in [4.78, 5) is 71.7. The molecule has 0 aliphatic heterocycles. The van der Waals surface area contributed by atoms with Crippen LogP contribution in [-0.2, 0) is 65.4 Å². The van der Waals surface area contributed by atoms with Crippen LogP contribution in [0.25, 0.3) is 0 Å². The Labute approximate surface area is 460 Å². The van der Waals surface area contributed by atoms with Crippen molar-refractivity contribution in [2.75, 3.05) is 39.6 Å². The molecule has 19 heteroatoms. The predicted octanol–water partition coefficient (Wildman–Crippen LogP) is 14.9. The molecule has 0 radical (unpaired) electrons. The monoisotopic (exact) mass is 1130 g/mol. The molecular formula is C57H110O17P2. The quantitative estimate of drug-likeness (QED) is 0.0222. The van der Waals surface area contributed by atoms with Gasteiger partial charge in [-0.3, -0.25) is 37.3 Å². The first-order chi connectivity index (χ1) is 36.4. The fourth-order valence-corrected chi connectivity index (χ4v) is 9.87. The molecule has 0 aromatic rings. The maximum Gasteiger partial charge on any atom is 0.472 e. The Balaban J connectivity index is 5.22. The molecule has 0 spiro atoms. The second-order valence-corrected chi connectivity index (χ2v) is 24.5. The average Bonchev–Trinajstić information content (AvgIpc) is 3.37. The maximum absolute atomic E-state index is 12.9. The molecule has 0 saturated heterocycles. The molecule has 17 nitrogen and oxygen atoms in total. The molecule has 76 heavy (non-hydrogen) atoms.